The third kappa shape index (κ3) is 5.48. The summed E-state index contributed by atoms with van der Waals surface area (Å²) >= 11 is 3.55. The Morgan fingerprint density at radius 3 is 2.58 bits per heavy atom. The van der Waals surface area contributed by atoms with Gasteiger partial charge in [0.15, 0.2) is 16.7 Å². The number of benzene rings is 3. The Morgan fingerprint density at radius 2 is 1.81 bits per heavy atom. The molecule has 0 spiro atoms. The van der Waals surface area contributed by atoms with Crippen LogP contribution in [0.5, 0.6) is 11.5 Å². The lowest BCUT2D eigenvalue weighted by atomic mass is 10.2. The molecular formula is C24H19IN2O3S. The summed E-state index contributed by atoms with van der Waals surface area (Å²) in [6.07, 6.45) is 1.82. The second kappa shape index (κ2) is 10.0. The van der Waals surface area contributed by atoms with Gasteiger partial charge in [0.05, 0.1) is 17.7 Å². The molecular weight excluding hydrogens is 523 g/mol. The zero-order valence-electron chi connectivity index (χ0n) is 16.7. The van der Waals surface area contributed by atoms with Crippen molar-refractivity contribution in [3.63, 3.8) is 0 Å². The molecule has 0 atom stereocenters. The van der Waals surface area contributed by atoms with Crippen LogP contribution in [-0.2, 0) is 11.4 Å². The van der Waals surface area contributed by atoms with E-state index in [1.807, 2.05) is 78.9 Å². The van der Waals surface area contributed by atoms with Gasteiger partial charge in [0.1, 0.15) is 6.61 Å². The van der Waals surface area contributed by atoms with E-state index < -0.39 is 0 Å². The Balaban J connectivity index is 1.50. The largest absolute Gasteiger partial charge is 0.493 e. The van der Waals surface area contributed by atoms with Crippen LogP contribution in [0, 0.1) is 3.57 Å². The molecule has 1 aliphatic rings. The number of hydrogen-bond acceptors (Lipinski definition) is 5. The van der Waals surface area contributed by atoms with E-state index in [-0.39, 0.29) is 5.91 Å². The van der Waals surface area contributed by atoms with Crippen LogP contribution in [0.3, 0.4) is 0 Å². The number of carbonyl (C=O) groups excluding carboxylic acids is 1. The fraction of sp³-hybridized carbons (Fsp3) is 0.0833. The van der Waals surface area contributed by atoms with Crippen LogP contribution in [0.4, 0.5) is 5.69 Å². The van der Waals surface area contributed by atoms with Crippen molar-refractivity contribution >= 4 is 57.2 Å². The summed E-state index contributed by atoms with van der Waals surface area (Å²) in [5.74, 6) is 1.09. The second-order valence-corrected chi connectivity index (χ2v) is 8.81. The molecule has 0 bridgehead atoms. The summed E-state index contributed by atoms with van der Waals surface area (Å²) in [4.78, 5) is 17.5. The van der Waals surface area contributed by atoms with Gasteiger partial charge in [0.25, 0.3) is 5.91 Å². The molecule has 1 amide bonds. The van der Waals surface area contributed by atoms with Crippen molar-refractivity contribution in [3.05, 3.63) is 92.4 Å². The highest BCUT2D eigenvalue weighted by atomic mass is 127. The van der Waals surface area contributed by atoms with E-state index in [2.05, 4.69) is 32.9 Å². The fourth-order valence-electron chi connectivity index (χ4n) is 2.91. The van der Waals surface area contributed by atoms with E-state index in [4.69, 9.17) is 9.47 Å². The summed E-state index contributed by atoms with van der Waals surface area (Å²) in [7, 11) is 1.60. The first-order valence-electron chi connectivity index (χ1n) is 9.51. The molecule has 0 aliphatic carbocycles. The molecule has 0 unspecified atom stereocenters. The quantitative estimate of drug-likeness (QED) is 0.318. The lowest BCUT2D eigenvalue weighted by Gasteiger charge is -2.11. The predicted octanol–water partition coefficient (Wildman–Crippen LogP) is 5.77. The van der Waals surface area contributed by atoms with Crippen LogP contribution in [0.2, 0.25) is 0 Å². The minimum absolute atomic E-state index is 0.168. The zero-order valence-corrected chi connectivity index (χ0v) is 19.6. The maximum absolute atomic E-state index is 12.4. The molecule has 1 N–H and O–H groups in total. The first-order valence-corrected chi connectivity index (χ1v) is 11.4. The van der Waals surface area contributed by atoms with Crippen LogP contribution in [0.1, 0.15) is 11.1 Å². The Kier molecular flexibility index (Phi) is 6.93. The molecule has 0 saturated carbocycles. The van der Waals surface area contributed by atoms with Crippen molar-refractivity contribution in [2.45, 2.75) is 6.61 Å². The summed E-state index contributed by atoms with van der Waals surface area (Å²) in [5.41, 5.74) is 2.75. The number of rotatable bonds is 6. The normalized spacial score (nSPS) is 15.9. The van der Waals surface area contributed by atoms with Crippen LogP contribution in [0.15, 0.2) is 82.7 Å². The Bertz CT molecular complexity index is 1160. The number of thioether (sulfide) groups is 1. The molecule has 7 heteroatoms. The number of nitrogens with zero attached hydrogens (tertiary/aromatic N) is 1. The average molecular weight is 542 g/mol. The Morgan fingerprint density at radius 1 is 1.03 bits per heavy atom. The smallest absolute Gasteiger partial charge is 0.264 e. The minimum atomic E-state index is -0.168. The number of hydrogen-bond donors (Lipinski definition) is 1. The van der Waals surface area contributed by atoms with Gasteiger partial charge in [-0.05, 0) is 75.8 Å². The van der Waals surface area contributed by atoms with E-state index in [0.717, 1.165) is 20.4 Å². The van der Waals surface area contributed by atoms with Gasteiger partial charge in [-0.25, -0.2) is 4.99 Å². The lowest BCUT2D eigenvalue weighted by Crippen LogP contribution is -2.19. The van der Waals surface area contributed by atoms with E-state index in [0.29, 0.717) is 28.2 Å². The highest BCUT2D eigenvalue weighted by Gasteiger charge is 2.24. The van der Waals surface area contributed by atoms with E-state index in [9.17, 15) is 4.79 Å². The molecule has 1 heterocycles. The van der Waals surface area contributed by atoms with Crippen LogP contribution in [-0.4, -0.2) is 18.2 Å². The number of para-hydroxylation sites is 1. The number of amidine groups is 1. The van der Waals surface area contributed by atoms with Gasteiger partial charge < -0.3 is 14.8 Å². The molecule has 156 valence electrons. The molecule has 0 radical (unpaired) electrons. The maximum atomic E-state index is 12.4. The number of halogens is 1. The van der Waals surface area contributed by atoms with E-state index in [1.54, 1.807) is 7.11 Å². The van der Waals surface area contributed by atoms with Crippen molar-refractivity contribution in [1.29, 1.82) is 0 Å². The van der Waals surface area contributed by atoms with Crippen LogP contribution < -0.4 is 14.8 Å². The average Bonchev–Trinajstić information content (AvgIpc) is 3.13. The first-order chi connectivity index (χ1) is 15.1. The van der Waals surface area contributed by atoms with Gasteiger partial charge in [-0.2, -0.15) is 0 Å². The van der Waals surface area contributed by atoms with Gasteiger partial charge in [0.2, 0.25) is 0 Å². The molecule has 31 heavy (non-hydrogen) atoms. The third-order valence-corrected chi connectivity index (χ3v) is 6.27. The zero-order chi connectivity index (χ0) is 21.6. The number of methoxy groups -OCH3 is 1. The van der Waals surface area contributed by atoms with Gasteiger partial charge >= 0.3 is 0 Å². The monoisotopic (exact) mass is 542 g/mol. The topological polar surface area (TPSA) is 59.9 Å². The van der Waals surface area contributed by atoms with E-state index in [1.165, 1.54) is 11.8 Å². The van der Waals surface area contributed by atoms with Gasteiger partial charge in [-0.1, -0.05) is 48.5 Å². The SMILES string of the molecule is COc1cc(/C=C2/SC(=Nc3ccccc3I)NC2=O)ccc1OCc1ccccc1. The second-order valence-electron chi connectivity index (χ2n) is 6.62. The number of nitrogens with one attached hydrogen (secondary N) is 1. The van der Waals surface area contributed by atoms with Crippen LogP contribution >= 0.6 is 34.4 Å². The molecule has 0 aromatic heterocycles. The Hall–Kier alpha value is -2.78. The minimum Gasteiger partial charge on any atom is -0.493 e. The summed E-state index contributed by atoms with van der Waals surface area (Å²) < 4.78 is 12.4. The lowest BCUT2D eigenvalue weighted by molar-refractivity contribution is -0.115. The molecule has 4 rings (SSSR count). The predicted molar refractivity (Wildman–Crippen MR) is 134 cm³/mol. The van der Waals surface area contributed by atoms with Crippen LogP contribution in [0.25, 0.3) is 6.08 Å². The van der Waals surface area contributed by atoms with Gasteiger partial charge in [-0.3, -0.25) is 4.79 Å². The van der Waals surface area contributed by atoms with Crippen molar-refractivity contribution < 1.29 is 14.3 Å². The van der Waals surface area contributed by atoms with Gasteiger partial charge in [-0.15, -0.1) is 0 Å². The molecule has 1 saturated heterocycles. The molecule has 1 aliphatic heterocycles. The highest BCUT2D eigenvalue weighted by Crippen LogP contribution is 2.33. The molecule has 1 fully saturated rings. The van der Waals surface area contributed by atoms with Crippen molar-refractivity contribution in [2.24, 2.45) is 4.99 Å². The van der Waals surface area contributed by atoms with E-state index >= 15 is 0 Å². The highest BCUT2D eigenvalue weighted by molar-refractivity contribution is 14.1. The third-order valence-electron chi connectivity index (χ3n) is 4.45. The standard InChI is InChI=1S/C24H19IN2O3S/c1-29-21-13-17(11-12-20(21)30-15-16-7-3-2-4-8-16)14-22-23(28)27-24(31-22)26-19-10-6-5-9-18(19)25/h2-14H,15H2,1H3,(H,26,27,28)/b22-14+. The molecule has 5 nitrogen and oxygen atoms in total. The van der Waals surface area contributed by atoms with Gasteiger partial charge in [0, 0.05) is 3.57 Å². The number of ether oxygens (including phenoxy) is 2. The number of aliphatic imine (C=N–C) groups is 1. The summed E-state index contributed by atoms with van der Waals surface area (Å²) in [6.45, 7) is 0.452. The summed E-state index contributed by atoms with van der Waals surface area (Å²) in [6, 6.07) is 23.3. The number of carbonyl (C=O) groups is 1. The fourth-order valence-corrected chi connectivity index (χ4v) is 4.25. The summed E-state index contributed by atoms with van der Waals surface area (Å²) in [5, 5.41) is 3.39. The molecule has 3 aromatic carbocycles. The Labute approximate surface area is 198 Å². The van der Waals surface area contributed by atoms with Crippen molar-refractivity contribution in [2.75, 3.05) is 7.11 Å². The first kappa shape index (κ1) is 21.5. The maximum Gasteiger partial charge on any atom is 0.264 e. The molecule has 3 aromatic rings. The number of amides is 1. The van der Waals surface area contributed by atoms with Crippen molar-refractivity contribution in [1.82, 2.24) is 5.32 Å². The van der Waals surface area contributed by atoms with Crippen molar-refractivity contribution in [3.8, 4) is 11.5 Å².